The number of imidazole rings is 1. The van der Waals surface area contributed by atoms with E-state index in [2.05, 4.69) is 97.2 Å². The van der Waals surface area contributed by atoms with Gasteiger partial charge in [-0.2, -0.15) is 0 Å². The SMILES string of the molecule is CCC(C)c1ccc(-n2cc[n+](Cc3ccc(C)cc3)c2)cc1. The number of hydrogen-bond donors (Lipinski definition) is 0. The van der Waals surface area contributed by atoms with Gasteiger partial charge in [0.25, 0.3) is 0 Å². The van der Waals surface area contributed by atoms with Gasteiger partial charge in [-0.05, 0) is 42.5 Å². The van der Waals surface area contributed by atoms with Crippen molar-refractivity contribution < 1.29 is 4.57 Å². The van der Waals surface area contributed by atoms with Crippen LogP contribution in [0.5, 0.6) is 0 Å². The van der Waals surface area contributed by atoms with Crippen molar-refractivity contribution in [1.82, 2.24) is 4.57 Å². The van der Waals surface area contributed by atoms with E-state index in [0.717, 1.165) is 6.54 Å². The fourth-order valence-corrected chi connectivity index (χ4v) is 2.76. The van der Waals surface area contributed by atoms with Gasteiger partial charge in [-0.1, -0.05) is 55.8 Å². The topological polar surface area (TPSA) is 8.81 Å². The second-order valence-electron chi connectivity index (χ2n) is 6.38. The molecule has 0 saturated heterocycles. The Balaban J connectivity index is 1.75. The first-order valence-corrected chi connectivity index (χ1v) is 8.38. The van der Waals surface area contributed by atoms with Crippen molar-refractivity contribution in [2.24, 2.45) is 0 Å². The van der Waals surface area contributed by atoms with E-state index in [1.54, 1.807) is 0 Å². The van der Waals surface area contributed by atoms with Crippen molar-refractivity contribution in [2.45, 2.75) is 39.7 Å². The maximum absolute atomic E-state index is 2.28. The van der Waals surface area contributed by atoms with Gasteiger partial charge >= 0.3 is 0 Å². The summed E-state index contributed by atoms with van der Waals surface area (Å²) in [5.41, 5.74) is 5.25. The van der Waals surface area contributed by atoms with Gasteiger partial charge in [-0.25, -0.2) is 9.13 Å². The summed E-state index contributed by atoms with van der Waals surface area (Å²) in [7, 11) is 0. The minimum absolute atomic E-state index is 0.625. The third-order valence-electron chi connectivity index (χ3n) is 4.55. The summed E-state index contributed by atoms with van der Waals surface area (Å²) < 4.78 is 4.39. The van der Waals surface area contributed by atoms with Crippen LogP contribution in [0.3, 0.4) is 0 Å². The third-order valence-corrected chi connectivity index (χ3v) is 4.55. The van der Waals surface area contributed by atoms with Crippen LogP contribution in [0.25, 0.3) is 5.69 Å². The number of hydrogen-bond acceptors (Lipinski definition) is 0. The summed E-state index contributed by atoms with van der Waals surface area (Å²) in [6, 6.07) is 17.6. The Hall–Kier alpha value is -2.35. The normalized spacial score (nSPS) is 12.3. The molecule has 2 heteroatoms. The van der Waals surface area contributed by atoms with Gasteiger partial charge < -0.3 is 0 Å². The molecular formula is C21H25N2+. The van der Waals surface area contributed by atoms with Crippen LogP contribution < -0.4 is 4.57 Å². The van der Waals surface area contributed by atoms with E-state index in [-0.39, 0.29) is 0 Å². The standard InChI is InChI=1S/C21H25N2/c1-4-18(3)20-9-11-21(12-10-20)23-14-13-22(16-23)15-19-7-5-17(2)6-8-19/h5-14,16,18H,4,15H2,1-3H3/q+1. The van der Waals surface area contributed by atoms with Crippen LogP contribution in [0.15, 0.2) is 67.3 Å². The first-order chi connectivity index (χ1) is 11.2. The lowest BCUT2D eigenvalue weighted by Gasteiger charge is -2.08. The molecule has 3 aromatic rings. The molecule has 0 amide bonds. The first kappa shape index (κ1) is 15.5. The number of nitrogens with zero attached hydrogens (tertiary/aromatic N) is 2. The van der Waals surface area contributed by atoms with E-state index in [1.807, 2.05) is 0 Å². The molecule has 1 atom stereocenters. The van der Waals surface area contributed by atoms with Crippen LogP contribution in [-0.2, 0) is 6.54 Å². The summed E-state index contributed by atoms with van der Waals surface area (Å²) >= 11 is 0. The highest BCUT2D eigenvalue weighted by atomic mass is 15.1. The molecule has 3 rings (SSSR count). The zero-order valence-corrected chi connectivity index (χ0v) is 14.2. The molecule has 0 N–H and O–H groups in total. The molecule has 0 bridgehead atoms. The average Bonchev–Trinajstić information content (AvgIpc) is 3.05. The third kappa shape index (κ3) is 3.70. The summed E-state index contributed by atoms with van der Waals surface area (Å²) in [6.45, 7) is 7.54. The Bertz CT molecular complexity index is 751. The van der Waals surface area contributed by atoms with Crippen molar-refractivity contribution in [3.63, 3.8) is 0 Å². The van der Waals surface area contributed by atoms with E-state index in [1.165, 1.54) is 28.8 Å². The van der Waals surface area contributed by atoms with Gasteiger partial charge in [0.2, 0.25) is 6.33 Å². The Morgan fingerprint density at radius 2 is 1.70 bits per heavy atom. The average molecular weight is 305 g/mol. The summed E-state index contributed by atoms with van der Waals surface area (Å²) in [5.74, 6) is 0.625. The van der Waals surface area contributed by atoms with Gasteiger partial charge in [0.05, 0.1) is 0 Å². The molecule has 0 aliphatic carbocycles. The van der Waals surface area contributed by atoms with E-state index in [4.69, 9.17) is 0 Å². The molecule has 1 heterocycles. The molecule has 0 fully saturated rings. The summed E-state index contributed by atoms with van der Waals surface area (Å²) in [5, 5.41) is 0. The maximum Gasteiger partial charge on any atom is 0.249 e. The minimum atomic E-state index is 0.625. The molecule has 2 nitrogen and oxygen atoms in total. The predicted molar refractivity (Wildman–Crippen MR) is 95.0 cm³/mol. The number of rotatable bonds is 5. The van der Waals surface area contributed by atoms with E-state index in [0.29, 0.717) is 5.92 Å². The van der Waals surface area contributed by atoms with Gasteiger partial charge in [-0.15, -0.1) is 0 Å². The van der Waals surface area contributed by atoms with Crippen molar-refractivity contribution in [3.8, 4) is 5.69 Å². The summed E-state index contributed by atoms with van der Waals surface area (Å²) in [6.07, 6.45) is 7.58. The Labute approximate surface area is 139 Å². The zero-order chi connectivity index (χ0) is 16.2. The predicted octanol–water partition coefficient (Wildman–Crippen LogP) is 4.64. The lowest BCUT2D eigenvalue weighted by atomic mass is 9.99. The van der Waals surface area contributed by atoms with Crippen LogP contribution in [0.4, 0.5) is 0 Å². The van der Waals surface area contributed by atoms with Gasteiger partial charge in [0.15, 0.2) is 0 Å². The molecule has 1 aromatic heterocycles. The molecule has 0 aliphatic heterocycles. The van der Waals surface area contributed by atoms with Crippen LogP contribution in [0, 0.1) is 6.92 Å². The fourth-order valence-electron chi connectivity index (χ4n) is 2.76. The molecular weight excluding hydrogens is 280 g/mol. The van der Waals surface area contributed by atoms with Crippen LogP contribution in [0.1, 0.15) is 42.9 Å². The first-order valence-electron chi connectivity index (χ1n) is 8.38. The molecule has 0 spiro atoms. The molecule has 2 aromatic carbocycles. The van der Waals surface area contributed by atoms with Crippen molar-refractivity contribution in [3.05, 3.63) is 83.9 Å². The minimum Gasteiger partial charge on any atom is -0.232 e. The van der Waals surface area contributed by atoms with Crippen molar-refractivity contribution in [1.29, 1.82) is 0 Å². The van der Waals surface area contributed by atoms with Crippen molar-refractivity contribution >= 4 is 0 Å². The highest BCUT2D eigenvalue weighted by molar-refractivity contribution is 5.35. The summed E-state index contributed by atoms with van der Waals surface area (Å²) in [4.78, 5) is 0. The van der Waals surface area contributed by atoms with Gasteiger partial charge in [0, 0.05) is 0 Å². The maximum atomic E-state index is 2.28. The Kier molecular flexibility index (Phi) is 4.61. The van der Waals surface area contributed by atoms with Gasteiger partial charge in [0.1, 0.15) is 24.6 Å². The molecule has 23 heavy (non-hydrogen) atoms. The van der Waals surface area contributed by atoms with Crippen LogP contribution >= 0.6 is 0 Å². The molecule has 0 saturated carbocycles. The highest BCUT2D eigenvalue weighted by Gasteiger charge is 2.08. The largest absolute Gasteiger partial charge is 0.249 e. The van der Waals surface area contributed by atoms with Crippen LogP contribution in [-0.4, -0.2) is 4.57 Å². The smallest absolute Gasteiger partial charge is 0.232 e. The molecule has 0 aliphatic rings. The van der Waals surface area contributed by atoms with Gasteiger partial charge in [-0.3, -0.25) is 0 Å². The van der Waals surface area contributed by atoms with E-state index >= 15 is 0 Å². The van der Waals surface area contributed by atoms with Crippen LogP contribution in [0.2, 0.25) is 0 Å². The monoisotopic (exact) mass is 305 g/mol. The second kappa shape index (κ2) is 6.82. The quantitative estimate of drug-likeness (QED) is 0.607. The number of benzene rings is 2. The van der Waals surface area contributed by atoms with Crippen molar-refractivity contribution in [2.75, 3.05) is 0 Å². The Morgan fingerprint density at radius 3 is 2.35 bits per heavy atom. The van der Waals surface area contributed by atoms with E-state index < -0.39 is 0 Å². The van der Waals surface area contributed by atoms with E-state index in [9.17, 15) is 0 Å². The lowest BCUT2D eigenvalue weighted by Crippen LogP contribution is -2.31. The number of aryl methyl sites for hydroxylation is 1. The fraction of sp³-hybridized carbons (Fsp3) is 0.286. The molecule has 118 valence electrons. The molecule has 1 unspecified atom stereocenters. The lowest BCUT2D eigenvalue weighted by molar-refractivity contribution is -0.687. The zero-order valence-electron chi connectivity index (χ0n) is 14.2. The highest BCUT2D eigenvalue weighted by Crippen LogP contribution is 2.19. The number of aromatic nitrogens is 2. The second-order valence-corrected chi connectivity index (χ2v) is 6.38. The Morgan fingerprint density at radius 1 is 1.00 bits per heavy atom. The molecule has 0 radical (unpaired) electrons.